The summed E-state index contributed by atoms with van der Waals surface area (Å²) in [6, 6.07) is 3.26. The molecule has 78 valence electrons. The topological polar surface area (TPSA) is 73.0 Å². The number of anilines is 1. The summed E-state index contributed by atoms with van der Waals surface area (Å²) in [5.74, 6) is 0.309. The fourth-order valence-corrected chi connectivity index (χ4v) is 1.13. The van der Waals surface area contributed by atoms with Crippen molar-refractivity contribution < 1.29 is 9.32 Å². The van der Waals surface area contributed by atoms with Crippen molar-refractivity contribution in [1.82, 2.24) is 14.9 Å². The molecule has 6 nitrogen and oxygen atoms in total. The molecule has 15 heavy (non-hydrogen) atoms. The van der Waals surface area contributed by atoms with Crippen LogP contribution < -0.4 is 5.32 Å². The van der Waals surface area contributed by atoms with Crippen LogP contribution in [0.5, 0.6) is 0 Å². The summed E-state index contributed by atoms with van der Waals surface area (Å²) in [6.45, 7) is 1.75. The van der Waals surface area contributed by atoms with E-state index in [2.05, 4.69) is 15.6 Å². The van der Waals surface area contributed by atoms with E-state index in [1.54, 1.807) is 37.0 Å². The molecule has 0 saturated heterocycles. The van der Waals surface area contributed by atoms with Gasteiger partial charge in [-0.25, -0.2) is 0 Å². The monoisotopic (exact) mass is 206 g/mol. The van der Waals surface area contributed by atoms with Crippen LogP contribution in [0.2, 0.25) is 0 Å². The average molecular weight is 206 g/mol. The molecule has 0 aromatic carbocycles. The number of amides is 1. The Balaban J connectivity index is 2.10. The first-order chi connectivity index (χ1) is 7.15. The lowest BCUT2D eigenvalue weighted by Gasteiger charge is -1.96. The fourth-order valence-electron chi connectivity index (χ4n) is 1.13. The highest BCUT2D eigenvalue weighted by molar-refractivity contribution is 6.01. The standard InChI is InChI=1S/C9H10N4O2/c1-6-5-7(15-12-6)9(14)10-8-3-4-13(2)11-8/h3-5H,1-2H3,(H,10,11,14). The van der Waals surface area contributed by atoms with Gasteiger partial charge in [-0.15, -0.1) is 0 Å². The largest absolute Gasteiger partial charge is 0.351 e. The van der Waals surface area contributed by atoms with Gasteiger partial charge in [-0.05, 0) is 6.92 Å². The van der Waals surface area contributed by atoms with Crippen molar-refractivity contribution in [3.63, 3.8) is 0 Å². The lowest BCUT2D eigenvalue weighted by Crippen LogP contribution is -2.11. The summed E-state index contributed by atoms with van der Waals surface area (Å²) in [5.41, 5.74) is 0.668. The van der Waals surface area contributed by atoms with Gasteiger partial charge in [0.15, 0.2) is 5.82 Å². The first-order valence-corrected chi connectivity index (χ1v) is 4.39. The Hall–Kier alpha value is -2.11. The van der Waals surface area contributed by atoms with Crippen LogP contribution in [0.4, 0.5) is 5.82 Å². The van der Waals surface area contributed by atoms with Crippen LogP contribution in [0.25, 0.3) is 0 Å². The molecule has 2 aromatic heterocycles. The quantitative estimate of drug-likeness (QED) is 0.794. The smallest absolute Gasteiger partial charge is 0.295 e. The van der Waals surface area contributed by atoms with E-state index in [4.69, 9.17) is 4.52 Å². The van der Waals surface area contributed by atoms with E-state index < -0.39 is 0 Å². The minimum absolute atomic E-state index is 0.179. The number of aromatic nitrogens is 3. The maximum absolute atomic E-state index is 11.5. The molecule has 0 aliphatic rings. The van der Waals surface area contributed by atoms with Gasteiger partial charge in [0.25, 0.3) is 5.91 Å². The second-order valence-electron chi connectivity index (χ2n) is 3.16. The molecular weight excluding hydrogens is 196 g/mol. The Morgan fingerprint density at radius 1 is 1.60 bits per heavy atom. The van der Waals surface area contributed by atoms with Gasteiger partial charge >= 0.3 is 0 Å². The number of carbonyl (C=O) groups excluding carboxylic acids is 1. The van der Waals surface area contributed by atoms with Gasteiger partial charge < -0.3 is 9.84 Å². The molecule has 6 heteroatoms. The van der Waals surface area contributed by atoms with Crippen LogP contribution in [-0.4, -0.2) is 20.8 Å². The zero-order chi connectivity index (χ0) is 10.8. The molecule has 0 atom stereocenters. The molecule has 0 saturated carbocycles. The van der Waals surface area contributed by atoms with Gasteiger partial charge in [0.05, 0.1) is 5.69 Å². The molecule has 1 amide bonds. The number of aryl methyl sites for hydroxylation is 2. The first kappa shape index (κ1) is 9.45. The van der Waals surface area contributed by atoms with Crippen LogP contribution in [0, 0.1) is 6.92 Å². The summed E-state index contributed by atoms with van der Waals surface area (Å²) >= 11 is 0. The van der Waals surface area contributed by atoms with Crippen molar-refractivity contribution in [2.45, 2.75) is 6.92 Å². The number of carbonyl (C=O) groups is 1. The second kappa shape index (κ2) is 3.56. The highest BCUT2D eigenvalue weighted by atomic mass is 16.5. The molecule has 0 aliphatic heterocycles. The van der Waals surface area contributed by atoms with E-state index in [9.17, 15) is 4.79 Å². The van der Waals surface area contributed by atoms with Gasteiger partial charge in [0.2, 0.25) is 5.76 Å². The van der Waals surface area contributed by atoms with Gasteiger partial charge in [0.1, 0.15) is 0 Å². The molecule has 0 fully saturated rings. The maximum atomic E-state index is 11.5. The van der Waals surface area contributed by atoms with E-state index in [-0.39, 0.29) is 11.7 Å². The highest BCUT2D eigenvalue weighted by Crippen LogP contribution is 2.07. The number of rotatable bonds is 2. The molecule has 0 radical (unpaired) electrons. The number of nitrogens with one attached hydrogen (secondary N) is 1. The van der Waals surface area contributed by atoms with E-state index >= 15 is 0 Å². The molecule has 0 spiro atoms. The van der Waals surface area contributed by atoms with Gasteiger partial charge in [-0.3, -0.25) is 9.48 Å². The third-order valence-electron chi connectivity index (χ3n) is 1.81. The lowest BCUT2D eigenvalue weighted by atomic mass is 10.4. The minimum atomic E-state index is -0.352. The average Bonchev–Trinajstić information content (AvgIpc) is 2.75. The summed E-state index contributed by atoms with van der Waals surface area (Å²) in [5, 5.41) is 10.2. The molecule has 1 N–H and O–H groups in total. The van der Waals surface area contributed by atoms with Crippen molar-refractivity contribution in [1.29, 1.82) is 0 Å². The fraction of sp³-hybridized carbons (Fsp3) is 0.222. The molecule has 2 heterocycles. The van der Waals surface area contributed by atoms with Gasteiger partial charge in [-0.2, -0.15) is 5.10 Å². The molecule has 0 aliphatic carbocycles. The lowest BCUT2D eigenvalue weighted by molar-refractivity contribution is 0.0987. The van der Waals surface area contributed by atoms with Crippen molar-refractivity contribution >= 4 is 11.7 Å². The normalized spacial score (nSPS) is 10.3. The predicted octanol–water partition coefficient (Wildman–Crippen LogP) is 0.969. The van der Waals surface area contributed by atoms with Crippen molar-refractivity contribution in [2.75, 3.05) is 5.32 Å². The van der Waals surface area contributed by atoms with Crippen LogP contribution in [0.15, 0.2) is 22.9 Å². The second-order valence-corrected chi connectivity index (χ2v) is 3.16. The van der Waals surface area contributed by atoms with Gasteiger partial charge in [0, 0.05) is 25.4 Å². The Labute approximate surface area is 85.9 Å². The zero-order valence-electron chi connectivity index (χ0n) is 8.39. The third-order valence-corrected chi connectivity index (χ3v) is 1.81. The molecule has 0 bridgehead atoms. The van der Waals surface area contributed by atoms with Crippen LogP contribution in [0.3, 0.4) is 0 Å². The van der Waals surface area contributed by atoms with Crippen molar-refractivity contribution in [3.8, 4) is 0 Å². The Kier molecular flexibility index (Phi) is 2.24. The molecule has 2 aromatic rings. The number of nitrogens with zero attached hydrogens (tertiary/aromatic N) is 3. The van der Waals surface area contributed by atoms with Crippen LogP contribution in [-0.2, 0) is 7.05 Å². The molecular formula is C9H10N4O2. The third kappa shape index (κ3) is 2.04. The number of hydrogen-bond donors (Lipinski definition) is 1. The predicted molar refractivity (Wildman–Crippen MR) is 52.4 cm³/mol. The first-order valence-electron chi connectivity index (χ1n) is 4.39. The summed E-state index contributed by atoms with van der Waals surface area (Å²) in [7, 11) is 1.77. The van der Waals surface area contributed by atoms with Crippen LogP contribution >= 0.6 is 0 Å². The minimum Gasteiger partial charge on any atom is -0.351 e. The summed E-state index contributed by atoms with van der Waals surface area (Å²) in [4.78, 5) is 11.5. The Morgan fingerprint density at radius 3 is 2.93 bits per heavy atom. The SMILES string of the molecule is Cc1cc(C(=O)Nc2ccn(C)n2)on1. The van der Waals surface area contributed by atoms with Crippen LogP contribution in [0.1, 0.15) is 16.2 Å². The highest BCUT2D eigenvalue weighted by Gasteiger charge is 2.12. The van der Waals surface area contributed by atoms with E-state index in [0.29, 0.717) is 11.5 Å². The van der Waals surface area contributed by atoms with Crippen molar-refractivity contribution in [3.05, 3.63) is 29.8 Å². The van der Waals surface area contributed by atoms with E-state index in [1.165, 1.54) is 0 Å². The summed E-state index contributed by atoms with van der Waals surface area (Å²) < 4.78 is 6.41. The van der Waals surface area contributed by atoms with E-state index in [1.807, 2.05) is 0 Å². The number of hydrogen-bond acceptors (Lipinski definition) is 4. The Bertz CT molecular complexity index is 486. The molecule has 2 rings (SSSR count). The summed E-state index contributed by atoms with van der Waals surface area (Å²) in [6.07, 6.45) is 1.74. The van der Waals surface area contributed by atoms with Gasteiger partial charge in [-0.1, -0.05) is 5.16 Å². The zero-order valence-corrected chi connectivity index (χ0v) is 8.39. The maximum Gasteiger partial charge on any atom is 0.295 e. The Morgan fingerprint density at radius 2 is 2.40 bits per heavy atom. The molecule has 0 unspecified atom stereocenters. The van der Waals surface area contributed by atoms with Crippen molar-refractivity contribution in [2.24, 2.45) is 7.05 Å². The van der Waals surface area contributed by atoms with E-state index in [0.717, 1.165) is 0 Å².